The van der Waals surface area contributed by atoms with Crippen molar-refractivity contribution in [2.45, 2.75) is 39.3 Å². The molecule has 1 aromatic heterocycles. The van der Waals surface area contributed by atoms with Crippen molar-refractivity contribution >= 4 is 0 Å². The molecular formula is C15H27N3O2. The fourth-order valence-corrected chi connectivity index (χ4v) is 2.52. The first kappa shape index (κ1) is 16.7. The summed E-state index contributed by atoms with van der Waals surface area (Å²) < 4.78 is 10.8. The molecule has 0 saturated heterocycles. The Morgan fingerprint density at radius 1 is 1.25 bits per heavy atom. The zero-order chi connectivity index (χ0) is 15.0. The quantitative estimate of drug-likeness (QED) is 0.750. The molecule has 0 atom stereocenters. The van der Waals surface area contributed by atoms with Gasteiger partial charge in [0.05, 0.1) is 14.2 Å². The summed E-state index contributed by atoms with van der Waals surface area (Å²) >= 11 is 0. The van der Waals surface area contributed by atoms with Crippen molar-refractivity contribution in [3.8, 4) is 11.5 Å². The molecule has 0 aliphatic heterocycles. The monoisotopic (exact) mass is 281 g/mol. The Morgan fingerprint density at radius 3 is 2.45 bits per heavy atom. The zero-order valence-corrected chi connectivity index (χ0v) is 13.1. The Bertz CT molecular complexity index is 395. The molecule has 0 bridgehead atoms. The van der Waals surface area contributed by atoms with E-state index in [1.54, 1.807) is 20.4 Å². The number of hydrogen-bond donors (Lipinski definition) is 1. The Balaban J connectivity index is 2.98. The van der Waals surface area contributed by atoms with Crippen LogP contribution in [0, 0.1) is 0 Å². The van der Waals surface area contributed by atoms with Crippen molar-refractivity contribution in [2.24, 2.45) is 5.73 Å². The largest absolute Gasteiger partial charge is 0.493 e. The molecule has 1 heterocycles. The van der Waals surface area contributed by atoms with Gasteiger partial charge >= 0.3 is 0 Å². The van der Waals surface area contributed by atoms with Crippen LogP contribution in [-0.4, -0.2) is 43.2 Å². The van der Waals surface area contributed by atoms with Crippen molar-refractivity contribution in [1.82, 2.24) is 9.88 Å². The molecule has 114 valence electrons. The number of nitrogens with two attached hydrogens (primary N) is 1. The van der Waals surface area contributed by atoms with Crippen LogP contribution in [0.4, 0.5) is 0 Å². The van der Waals surface area contributed by atoms with Crippen LogP contribution in [0.3, 0.4) is 0 Å². The van der Waals surface area contributed by atoms with Crippen molar-refractivity contribution < 1.29 is 9.47 Å². The predicted octanol–water partition coefficient (Wildman–Crippen LogP) is 2.05. The minimum absolute atomic E-state index is 0.510. The van der Waals surface area contributed by atoms with Gasteiger partial charge in [0.15, 0.2) is 11.5 Å². The summed E-state index contributed by atoms with van der Waals surface area (Å²) in [5, 5.41) is 0. The summed E-state index contributed by atoms with van der Waals surface area (Å²) in [6, 6.07) is 2.32. The van der Waals surface area contributed by atoms with Crippen LogP contribution in [0.5, 0.6) is 11.5 Å². The van der Waals surface area contributed by atoms with Gasteiger partial charge in [-0.2, -0.15) is 0 Å². The summed E-state index contributed by atoms with van der Waals surface area (Å²) in [4.78, 5) is 6.81. The van der Waals surface area contributed by atoms with E-state index in [4.69, 9.17) is 15.2 Å². The smallest absolute Gasteiger partial charge is 0.183 e. The molecular weight excluding hydrogens is 254 g/mol. The van der Waals surface area contributed by atoms with Gasteiger partial charge in [-0.25, -0.2) is 0 Å². The third-order valence-corrected chi connectivity index (χ3v) is 3.59. The fraction of sp³-hybridized carbons (Fsp3) is 0.667. The second-order valence-electron chi connectivity index (χ2n) is 4.72. The van der Waals surface area contributed by atoms with Gasteiger partial charge in [-0.3, -0.25) is 9.88 Å². The molecule has 0 spiro atoms. The Kier molecular flexibility index (Phi) is 7.33. The van der Waals surface area contributed by atoms with E-state index in [1.807, 2.05) is 6.07 Å². The molecule has 0 aromatic carbocycles. The number of pyridine rings is 1. The van der Waals surface area contributed by atoms with E-state index in [2.05, 4.69) is 23.7 Å². The molecule has 20 heavy (non-hydrogen) atoms. The van der Waals surface area contributed by atoms with E-state index >= 15 is 0 Å². The molecule has 1 rings (SSSR count). The van der Waals surface area contributed by atoms with Gasteiger partial charge in [0.2, 0.25) is 0 Å². The zero-order valence-electron chi connectivity index (χ0n) is 13.1. The molecule has 0 radical (unpaired) electrons. The molecule has 0 aliphatic rings. The van der Waals surface area contributed by atoms with E-state index in [-0.39, 0.29) is 0 Å². The number of methoxy groups -OCH3 is 2. The number of hydrogen-bond acceptors (Lipinski definition) is 5. The topological polar surface area (TPSA) is 60.6 Å². The first-order chi connectivity index (χ1) is 9.71. The fourth-order valence-electron chi connectivity index (χ4n) is 2.52. The lowest BCUT2D eigenvalue weighted by Gasteiger charge is -2.30. The average Bonchev–Trinajstić information content (AvgIpc) is 2.48. The number of nitrogens with zero attached hydrogens (tertiary/aromatic N) is 2. The van der Waals surface area contributed by atoms with E-state index in [0.717, 1.165) is 37.4 Å². The van der Waals surface area contributed by atoms with Gasteiger partial charge in [-0.05, 0) is 12.8 Å². The molecule has 5 heteroatoms. The summed E-state index contributed by atoms with van der Waals surface area (Å²) in [7, 11) is 3.29. The van der Waals surface area contributed by atoms with Crippen molar-refractivity contribution in [3.05, 3.63) is 18.0 Å². The number of ether oxygens (including phenoxy) is 2. The average molecular weight is 281 g/mol. The van der Waals surface area contributed by atoms with Gasteiger partial charge in [0, 0.05) is 37.9 Å². The van der Waals surface area contributed by atoms with Gasteiger partial charge in [-0.1, -0.05) is 13.8 Å². The summed E-state index contributed by atoms with van der Waals surface area (Å²) in [5.41, 5.74) is 6.63. The lowest BCUT2D eigenvalue weighted by atomic mass is 10.1. The minimum Gasteiger partial charge on any atom is -0.493 e. The van der Waals surface area contributed by atoms with Crippen LogP contribution in [0.1, 0.15) is 32.4 Å². The highest BCUT2D eigenvalue weighted by Crippen LogP contribution is 2.30. The van der Waals surface area contributed by atoms with Crippen LogP contribution in [0.25, 0.3) is 0 Å². The van der Waals surface area contributed by atoms with E-state index < -0.39 is 0 Å². The molecule has 0 saturated carbocycles. The van der Waals surface area contributed by atoms with Gasteiger partial charge in [0.1, 0.15) is 5.69 Å². The van der Waals surface area contributed by atoms with Crippen molar-refractivity contribution in [2.75, 3.05) is 27.3 Å². The number of aromatic nitrogens is 1. The van der Waals surface area contributed by atoms with Gasteiger partial charge in [0.25, 0.3) is 0 Å². The van der Waals surface area contributed by atoms with E-state index in [9.17, 15) is 0 Å². The summed E-state index contributed by atoms with van der Waals surface area (Å²) in [6.07, 6.45) is 3.95. The highest BCUT2D eigenvalue weighted by atomic mass is 16.5. The molecule has 2 N–H and O–H groups in total. The first-order valence-corrected chi connectivity index (χ1v) is 7.21. The van der Waals surface area contributed by atoms with Crippen LogP contribution in [-0.2, 0) is 6.54 Å². The lowest BCUT2D eigenvalue weighted by molar-refractivity contribution is 0.177. The SMILES string of the molecule is CCC(CC)N(CCN)Cc1nccc(OC)c1OC. The Hall–Kier alpha value is -1.33. The van der Waals surface area contributed by atoms with Crippen molar-refractivity contribution in [1.29, 1.82) is 0 Å². The normalized spacial score (nSPS) is 11.2. The predicted molar refractivity (Wildman–Crippen MR) is 81.2 cm³/mol. The highest BCUT2D eigenvalue weighted by molar-refractivity contribution is 5.42. The Labute approximate surface area is 122 Å². The van der Waals surface area contributed by atoms with Gasteiger partial charge in [-0.15, -0.1) is 0 Å². The highest BCUT2D eigenvalue weighted by Gasteiger charge is 2.19. The molecule has 1 aromatic rings. The number of rotatable bonds is 9. The first-order valence-electron chi connectivity index (χ1n) is 7.21. The Morgan fingerprint density at radius 2 is 1.95 bits per heavy atom. The maximum atomic E-state index is 5.74. The molecule has 5 nitrogen and oxygen atoms in total. The van der Waals surface area contributed by atoms with Crippen LogP contribution >= 0.6 is 0 Å². The van der Waals surface area contributed by atoms with Crippen molar-refractivity contribution in [3.63, 3.8) is 0 Å². The third-order valence-electron chi connectivity index (χ3n) is 3.59. The molecule has 0 amide bonds. The van der Waals surface area contributed by atoms with E-state index in [1.165, 1.54) is 0 Å². The standard InChI is InChI=1S/C15H27N3O2/c1-5-12(6-2)18(10-8-16)11-13-15(20-4)14(19-3)7-9-17-13/h7,9,12H,5-6,8,10-11,16H2,1-4H3. The van der Waals surface area contributed by atoms with Gasteiger partial charge < -0.3 is 15.2 Å². The minimum atomic E-state index is 0.510. The third kappa shape index (κ3) is 4.08. The van der Waals surface area contributed by atoms with Crippen LogP contribution in [0.2, 0.25) is 0 Å². The maximum absolute atomic E-state index is 5.74. The summed E-state index contributed by atoms with van der Waals surface area (Å²) in [5.74, 6) is 1.43. The molecule has 0 unspecified atom stereocenters. The van der Waals surface area contributed by atoms with Crippen LogP contribution in [0.15, 0.2) is 12.3 Å². The van der Waals surface area contributed by atoms with E-state index in [0.29, 0.717) is 18.3 Å². The maximum Gasteiger partial charge on any atom is 0.183 e. The van der Waals surface area contributed by atoms with Crippen LogP contribution < -0.4 is 15.2 Å². The summed E-state index contributed by atoms with van der Waals surface area (Å²) in [6.45, 7) is 6.63. The lowest BCUT2D eigenvalue weighted by Crippen LogP contribution is -2.38. The second-order valence-corrected chi connectivity index (χ2v) is 4.72. The molecule has 0 fully saturated rings. The molecule has 0 aliphatic carbocycles. The second kappa shape index (κ2) is 8.76.